The van der Waals surface area contributed by atoms with Gasteiger partial charge in [-0.2, -0.15) is 0 Å². The third-order valence-electron chi connectivity index (χ3n) is 7.00. The number of anilines is 1. The van der Waals surface area contributed by atoms with Gasteiger partial charge in [0.1, 0.15) is 5.66 Å². The lowest BCUT2D eigenvalue weighted by atomic mass is 9.98. The molecule has 3 amide bonds. The molecule has 0 saturated carbocycles. The van der Waals surface area contributed by atoms with Crippen molar-refractivity contribution in [2.75, 3.05) is 11.4 Å². The number of aryl methyl sites for hydroxylation is 1. The molecular formula is C25H27N3O3. The molecule has 1 fully saturated rings. The molecule has 31 heavy (non-hydrogen) atoms. The van der Waals surface area contributed by atoms with Crippen molar-refractivity contribution in [1.82, 2.24) is 10.2 Å². The van der Waals surface area contributed by atoms with E-state index in [4.69, 9.17) is 0 Å². The minimum Gasteiger partial charge on any atom is -0.349 e. The van der Waals surface area contributed by atoms with Gasteiger partial charge in [-0.05, 0) is 55.9 Å². The second kappa shape index (κ2) is 7.52. The molecule has 6 heteroatoms. The summed E-state index contributed by atoms with van der Waals surface area (Å²) in [6, 6.07) is 15.6. The van der Waals surface area contributed by atoms with Crippen LogP contribution in [0.15, 0.2) is 48.5 Å². The second-order valence-corrected chi connectivity index (χ2v) is 8.88. The number of rotatable bonds is 5. The van der Waals surface area contributed by atoms with Gasteiger partial charge >= 0.3 is 0 Å². The maximum absolute atomic E-state index is 13.3. The molecule has 2 unspecified atom stereocenters. The molecule has 3 aliphatic rings. The van der Waals surface area contributed by atoms with E-state index in [0.717, 1.165) is 12.8 Å². The predicted octanol–water partition coefficient (Wildman–Crippen LogP) is 3.57. The highest BCUT2D eigenvalue weighted by molar-refractivity contribution is 6.10. The maximum atomic E-state index is 13.3. The highest BCUT2D eigenvalue weighted by atomic mass is 16.2. The van der Waals surface area contributed by atoms with Crippen LogP contribution in [-0.2, 0) is 16.0 Å². The molecule has 1 saturated heterocycles. The van der Waals surface area contributed by atoms with E-state index in [2.05, 4.69) is 17.4 Å². The van der Waals surface area contributed by atoms with Gasteiger partial charge in [-0.3, -0.25) is 19.3 Å². The van der Waals surface area contributed by atoms with Gasteiger partial charge in [-0.25, -0.2) is 0 Å². The van der Waals surface area contributed by atoms with Crippen molar-refractivity contribution in [2.45, 2.75) is 57.2 Å². The zero-order valence-corrected chi connectivity index (χ0v) is 17.8. The topological polar surface area (TPSA) is 69.7 Å². The summed E-state index contributed by atoms with van der Waals surface area (Å²) in [7, 11) is 0. The smallest absolute Gasteiger partial charge is 0.257 e. The molecular weight excluding hydrogens is 390 g/mol. The molecule has 2 atom stereocenters. The van der Waals surface area contributed by atoms with Crippen LogP contribution >= 0.6 is 0 Å². The van der Waals surface area contributed by atoms with Crippen molar-refractivity contribution in [3.63, 3.8) is 0 Å². The molecule has 5 rings (SSSR count). The van der Waals surface area contributed by atoms with Crippen molar-refractivity contribution >= 4 is 23.4 Å². The summed E-state index contributed by atoms with van der Waals surface area (Å²) in [4.78, 5) is 42.1. The van der Waals surface area contributed by atoms with Crippen LogP contribution in [0.3, 0.4) is 0 Å². The number of hydrogen-bond donors (Lipinski definition) is 1. The van der Waals surface area contributed by atoms with Gasteiger partial charge in [0.2, 0.25) is 11.8 Å². The van der Waals surface area contributed by atoms with Crippen LogP contribution in [0.1, 0.15) is 66.6 Å². The Morgan fingerprint density at radius 2 is 1.87 bits per heavy atom. The van der Waals surface area contributed by atoms with E-state index < -0.39 is 5.66 Å². The molecule has 0 spiro atoms. The van der Waals surface area contributed by atoms with Gasteiger partial charge in [0.15, 0.2) is 0 Å². The highest BCUT2D eigenvalue weighted by Gasteiger charge is 2.52. The van der Waals surface area contributed by atoms with Gasteiger partial charge in [-0.15, -0.1) is 0 Å². The van der Waals surface area contributed by atoms with Crippen molar-refractivity contribution < 1.29 is 14.4 Å². The lowest BCUT2D eigenvalue weighted by Crippen LogP contribution is -2.62. The van der Waals surface area contributed by atoms with Crippen molar-refractivity contribution in [3.05, 3.63) is 65.2 Å². The van der Waals surface area contributed by atoms with Crippen LogP contribution in [0, 0.1) is 0 Å². The zero-order chi connectivity index (χ0) is 21.6. The van der Waals surface area contributed by atoms with E-state index in [1.54, 1.807) is 15.9 Å². The molecule has 2 aromatic carbocycles. The fourth-order valence-corrected chi connectivity index (χ4v) is 5.41. The van der Waals surface area contributed by atoms with Crippen LogP contribution in [-0.4, -0.2) is 34.8 Å². The SMILES string of the molecule is CC12CCC(=O)N1c1ccccc1C(=O)N2CCCC(=O)NC1CCc2ccccc21. The van der Waals surface area contributed by atoms with Crippen LogP contribution in [0.4, 0.5) is 5.69 Å². The number of fused-ring (bicyclic) bond motifs is 4. The van der Waals surface area contributed by atoms with Crippen LogP contribution in [0.2, 0.25) is 0 Å². The van der Waals surface area contributed by atoms with Gasteiger partial charge < -0.3 is 10.2 Å². The predicted molar refractivity (Wildman–Crippen MR) is 117 cm³/mol. The summed E-state index contributed by atoms with van der Waals surface area (Å²) < 4.78 is 0. The molecule has 0 bridgehead atoms. The number of hydrogen-bond acceptors (Lipinski definition) is 3. The quantitative estimate of drug-likeness (QED) is 0.809. The van der Waals surface area contributed by atoms with Gasteiger partial charge in [0, 0.05) is 19.4 Å². The van der Waals surface area contributed by atoms with Gasteiger partial charge in [-0.1, -0.05) is 36.4 Å². The van der Waals surface area contributed by atoms with Gasteiger partial charge in [0.05, 0.1) is 17.3 Å². The third-order valence-corrected chi connectivity index (χ3v) is 7.00. The van der Waals surface area contributed by atoms with Crippen molar-refractivity contribution in [3.8, 4) is 0 Å². The summed E-state index contributed by atoms with van der Waals surface area (Å²) in [5.74, 6) is -0.00432. The van der Waals surface area contributed by atoms with Crippen LogP contribution in [0.25, 0.3) is 0 Å². The summed E-state index contributed by atoms with van der Waals surface area (Å²) in [6.07, 6.45) is 3.87. The lowest BCUT2D eigenvalue weighted by Gasteiger charge is -2.48. The fraction of sp³-hybridized carbons (Fsp3) is 0.400. The molecule has 160 valence electrons. The summed E-state index contributed by atoms with van der Waals surface area (Å²) in [5.41, 5.74) is 3.12. The Hall–Kier alpha value is -3.15. The molecule has 0 radical (unpaired) electrons. The standard InChI is InChI=1S/C25H27N3O3/c1-25-15-14-23(30)28(25)21-10-5-4-9-19(21)24(31)27(25)16-6-11-22(29)26-20-13-12-17-7-2-3-8-18(17)20/h2-5,7-10,20H,6,11-16H2,1H3,(H,26,29). The Morgan fingerprint density at radius 1 is 1.10 bits per heavy atom. The molecule has 1 aliphatic carbocycles. The Morgan fingerprint density at radius 3 is 2.74 bits per heavy atom. The van der Waals surface area contributed by atoms with E-state index in [0.29, 0.717) is 43.5 Å². The molecule has 1 N–H and O–H groups in total. The first-order valence-electron chi connectivity index (χ1n) is 11.1. The van der Waals surface area contributed by atoms with Gasteiger partial charge in [0.25, 0.3) is 5.91 Å². The summed E-state index contributed by atoms with van der Waals surface area (Å²) in [6.45, 7) is 2.41. The van der Waals surface area contributed by atoms with Crippen molar-refractivity contribution in [1.29, 1.82) is 0 Å². The molecule has 2 aromatic rings. The number of carbonyl (C=O) groups is 3. The van der Waals surface area contributed by atoms with E-state index in [1.807, 2.05) is 37.3 Å². The van der Waals surface area contributed by atoms with E-state index >= 15 is 0 Å². The minimum absolute atomic E-state index is 0.0102. The summed E-state index contributed by atoms with van der Waals surface area (Å²) in [5, 5.41) is 3.16. The van der Waals surface area contributed by atoms with Crippen LogP contribution in [0.5, 0.6) is 0 Å². The summed E-state index contributed by atoms with van der Waals surface area (Å²) >= 11 is 0. The number of amides is 3. The Bertz CT molecular complexity index is 1070. The Kier molecular flexibility index (Phi) is 4.80. The third kappa shape index (κ3) is 3.21. The number of nitrogens with zero attached hydrogens (tertiary/aromatic N) is 2. The maximum Gasteiger partial charge on any atom is 0.257 e. The normalized spacial score (nSPS) is 24.1. The first kappa shape index (κ1) is 19.8. The number of nitrogens with one attached hydrogen (secondary N) is 1. The largest absolute Gasteiger partial charge is 0.349 e. The Balaban J connectivity index is 1.26. The average Bonchev–Trinajstić information content (AvgIpc) is 3.31. The molecule has 0 aromatic heterocycles. The molecule has 6 nitrogen and oxygen atoms in total. The first-order chi connectivity index (χ1) is 15.0. The number of carbonyl (C=O) groups excluding carboxylic acids is 3. The number of benzene rings is 2. The van der Waals surface area contributed by atoms with E-state index in [1.165, 1.54) is 11.1 Å². The molecule has 2 aliphatic heterocycles. The highest BCUT2D eigenvalue weighted by Crippen LogP contribution is 2.44. The Labute approximate surface area is 182 Å². The minimum atomic E-state index is -0.663. The second-order valence-electron chi connectivity index (χ2n) is 8.88. The lowest BCUT2D eigenvalue weighted by molar-refractivity contribution is -0.122. The fourth-order valence-electron chi connectivity index (χ4n) is 5.41. The first-order valence-corrected chi connectivity index (χ1v) is 11.1. The average molecular weight is 418 g/mol. The van der Waals surface area contributed by atoms with Crippen molar-refractivity contribution in [2.24, 2.45) is 0 Å². The molecule has 2 heterocycles. The monoisotopic (exact) mass is 417 g/mol. The number of para-hydroxylation sites is 1. The van der Waals surface area contributed by atoms with E-state index in [9.17, 15) is 14.4 Å². The van der Waals surface area contributed by atoms with Crippen LogP contribution < -0.4 is 10.2 Å². The zero-order valence-electron chi connectivity index (χ0n) is 17.8. The van der Waals surface area contributed by atoms with E-state index in [-0.39, 0.29) is 23.8 Å².